The number of ether oxygens (including phenoxy) is 2. The summed E-state index contributed by atoms with van der Waals surface area (Å²) in [6, 6.07) is 2.02. The van der Waals surface area contributed by atoms with Crippen molar-refractivity contribution in [3.8, 4) is 0 Å². The maximum Gasteiger partial charge on any atom is 0.418 e. The molecule has 6 heterocycles. The van der Waals surface area contributed by atoms with E-state index in [-0.39, 0.29) is 42.2 Å². The number of nitrogens with zero attached hydrogens (tertiary/aromatic N) is 5. The van der Waals surface area contributed by atoms with E-state index in [1.54, 1.807) is 0 Å². The Hall–Kier alpha value is -2.77. The Bertz CT molecular complexity index is 1540. The third kappa shape index (κ3) is 4.39. The quantitative estimate of drug-likeness (QED) is 0.342. The van der Waals surface area contributed by atoms with Crippen molar-refractivity contribution in [2.45, 2.75) is 87.1 Å². The predicted molar refractivity (Wildman–Crippen MR) is 154 cm³/mol. The van der Waals surface area contributed by atoms with Gasteiger partial charge in [-0.25, -0.2) is 13.8 Å². The van der Waals surface area contributed by atoms with E-state index in [4.69, 9.17) is 31.8 Å². The standard InChI is InChI=1S/C30H32ClF5N6O2/c31-19-11-16(37)10-18(21(19)30(34,35)36)23-22(33)24-20-25(42-17(2-5-28(42)6-7-28)3-9-43-26(20)38-23)40-27(39-24)44-14-29-4-1-8-41(29)13-15(32)12-29/h10-11,15,17,20,26H,1-9,12-14,37H2/t15-,17-,20?,26?,29+/m1/s1. The zero-order chi connectivity index (χ0) is 30.6. The largest absolute Gasteiger partial charge is 0.461 e. The highest BCUT2D eigenvalue weighted by Gasteiger charge is 2.59. The first kappa shape index (κ1) is 28.7. The van der Waals surface area contributed by atoms with E-state index in [1.165, 1.54) is 0 Å². The van der Waals surface area contributed by atoms with E-state index in [0.29, 0.717) is 25.2 Å². The van der Waals surface area contributed by atoms with Crippen molar-refractivity contribution >= 4 is 34.9 Å². The minimum atomic E-state index is -4.91. The summed E-state index contributed by atoms with van der Waals surface area (Å²) in [6.07, 6.45) is -0.448. The minimum Gasteiger partial charge on any atom is -0.461 e. The van der Waals surface area contributed by atoms with Crippen LogP contribution in [-0.4, -0.2) is 83.2 Å². The lowest BCUT2D eigenvalue weighted by atomic mass is 9.90. The molecular weight excluding hydrogens is 607 g/mol. The van der Waals surface area contributed by atoms with E-state index in [1.807, 2.05) is 0 Å². The molecule has 2 N–H and O–H groups in total. The number of anilines is 1. The SMILES string of the molecule is Nc1cc(Cl)c(C(F)(F)F)c(C2=NC3OCC[C@H]4CCC5(CC5)N4C4=NC(OC[C@@]56CCCN5C[C@H](F)C6)=NC(=C2F)C43)c1. The normalized spacial score (nSPS) is 34.1. The molecule has 14 heteroatoms. The van der Waals surface area contributed by atoms with Crippen LogP contribution in [0.3, 0.4) is 0 Å². The number of benzene rings is 1. The Morgan fingerprint density at radius 3 is 2.73 bits per heavy atom. The number of allylic oxidation sites excluding steroid dienone is 1. The third-order valence-electron chi connectivity index (χ3n) is 10.5. The molecule has 2 unspecified atom stereocenters. The van der Waals surface area contributed by atoms with Crippen LogP contribution in [0.2, 0.25) is 5.02 Å². The Morgan fingerprint density at radius 2 is 1.95 bits per heavy atom. The van der Waals surface area contributed by atoms with Gasteiger partial charge in [-0.1, -0.05) is 11.6 Å². The summed E-state index contributed by atoms with van der Waals surface area (Å²) < 4.78 is 86.3. The van der Waals surface area contributed by atoms with Gasteiger partial charge in [0.25, 0.3) is 0 Å². The summed E-state index contributed by atoms with van der Waals surface area (Å²) in [5.41, 5.74) is 2.67. The number of dihydropyridines is 1. The highest BCUT2D eigenvalue weighted by molar-refractivity contribution is 6.32. The maximum atomic E-state index is 16.7. The van der Waals surface area contributed by atoms with Crippen LogP contribution >= 0.6 is 11.6 Å². The molecule has 5 fully saturated rings. The second kappa shape index (κ2) is 9.86. The number of halogens is 6. The molecule has 0 bridgehead atoms. The molecule has 0 aromatic heterocycles. The van der Waals surface area contributed by atoms with Gasteiger partial charge in [-0.3, -0.25) is 4.90 Å². The second-order valence-electron chi connectivity index (χ2n) is 13.1. The molecule has 4 saturated heterocycles. The van der Waals surface area contributed by atoms with Gasteiger partial charge in [-0.15, -0.1) is 0 Å². The van der Waals surface area contributed by atoms with Crippen LogP contribution in [0, 0.1) is 5.92 Å². The fourth-order valence-corrected chi connectivity index (χ4v) is 8.73. The number of hydrogen-bond acceptors (Lipinski definition) is 8. The van der Waals surface area contributed by atoms with E-state index in [2.05, 4.69) is 19.8 Å². The number of rotatable bonds is 3. The fraction of sp³-hybridized carbons (Fsp3) is 0.633. The smallest absolute Gasteiger partial charge is 0.418 e. The molecule has 6 aliphatic heterocycles. The van der Waals surface area contributed by atoms with E-state index in [9.17, 15) is 17.6 Å². The Balaban J connectivity index is 1.25. The van der Waals surface area contributed by atoms with Crippen molar-refractivity contribution < 1.29 is 31.4 Å². The second-order valence-corrected chi connectivity index (χ2v) is 13.6. The van der Waals surface area contributed by atoms with Gasteiger partial charge in [-0.2, -0.15) is 23.2 Å². The van der Waals surface area contributed by atoms with Crippen LogP contribution in [-0.2, 0) is 15.7 Å². The summed E-state index contributed by atoms with van der Waals surface area (Å²) in [7, 11) is 0. The summed E-state index contributed by atoms with van der Waals surface area (Å²) in [6.45, 7) is 1.53. The third-order valence-corrected chi connectivity index (χ3v) is 10.8. The number of nitrogens with two attached hydrogens (primary N) is 1. The Labute approximate surface area is 255 Å². The molecule has 1 spiro atoms. The highest BCUT2D eigenvalue weighted by atomic mass is 35.5. The summed E-state index contributed by atoms with van der Waals surface area (Å²) in [5, 5.41) is -0.661. The molecule has 8 nitrogen and oxygen atoms in total. The van der Waals surface area contributed by atoms with Crippen molar-refractivity contribution in [3.05, 3.63) is 39.8 Å². The average molecular weight is 639 g/mol. The maximum absolute atomic E-state index is 16.7. The van der Waals surface area contributed by atoms with Gasteiger partial charge < -0.3 is 20.1 Å². The lowest BCUT2D eigenvalue weighted by molar-refractivity contribution is -0.137. The lowest BCUT2D eigenvalue weighted by Gasteiger charge is -2.43. The van der Waals surface area contributed by atoms with Crippen molar-refractivity contribution in [2.75, 3.05) is 32.0 Å². The first-order valence-electron chi connectivity index (χ1n) is 15.2. The molecule has 1 aromatic rings. The van der Waals surface area contributed by atoms with Crippen molar-refractivity contribution in [1.29, 1.82) is 0 Å². The molecule has 1 aromatic carbocycles. The van der Waals surface area contributed by atoms with E-state index < -0.39 is 57.7 Å². The van der Waals surface area contributed by atoms with Crippen LogP contribution < -0.4 is 5.73 Å². The van der Waals surface area contributed by atoms with Crippen LogP contribution in [0.4, 0.5) is 27.6 Å². The molecular formula is C30H32ClF5N6O2. The number of hydrogen-bond donors (Lipinski definition) is 1. The van der Waals surface area contributed by atoms with Crippen LogP contribution in [0.15, 0.2) is 38.6 Å². The number of fused-ring (bicyclic) bond motifs is 4. The van der Waals surface area contributed by atoms with Gasteiger partial charge in [0.15, 0.2) is 12.1 Å². The number of aliphatic imine (C=N–C) groups is 3. The van der Waals surface area contributed by atoms with Gasteiger partial charge in [0.05, 0.1) is 28.4 Å². The molecule has 236 valence electrons. The summed E-state index contributed by atoms with van der Waals surface area (Å²) in [4.78, 5) is 18.2. The number of alkyl halides is 4. The van der Waals surface area contributed by atoms with Crippen molar-refractivity contribution in [3.63, 3.8) is 0 Å². The van der Waals surface area contributed by atoms with E-state index >= 15 is 4.39 Å². The number of amidine groups is 2. The fourth-order valence-electron chi connectivity index (χ4n) is 8.39. The van der Waals surface area contributed by atoms with Gasteiger partial charge in [0, 0.05) is 35.8 Å². The summed E-state index contributed by atoms with van der Waals surface area (Å²) >= 11 is 6.03. The molecule has 1 aliphatic carbocycles. The van der Waals surface area contributed by atoms with Gasteiger partial charge >= 0.3 is 12.2 Å². The Morgan fingerprint density at radius 1 is 1.14 bits per heavy atom. The van der Waals surface area contributed by atoms with Crippen LogP contribution in [0.5, 0.6) is 0 Å². The zero-order valence-corrected chi connectivity index (χ0v) is 24.6. The van der Waals surface area contributed by atoms with Crippen molar-refractivity contribution in [2.24, 2.45) is 20.9 Å². The minimum absolute atomic E-state index is 0.0729. The molecule has 7 aliphatic rings. The molecule has 0 radical (unpaired) electrons. The molecule has 0 amide bonds. The zero-order valence-electron chi connectivity index (χ0n) is 23.8. The molecule has 44 heavy (non-hydrogen) atoms. The summed E-state index contributed by atoms with van der Waals surface area (Å²) in [5.74, 6) is -1.40. The predicted octanol–water partition coefficient (Wildman–Crippen LogP) is 5.65. The first-order chi connectivity index (χ1) is 21.0. The van der Waals surface area contributed by atoms with Crippen molar-refractivity contribution in [1.82, 2.24) is 9.80 Å². The average Bonchev–Trinajstić information content (AvgIpc) is 3.33. The van der Waals surface area contributed by atoms with Gasteiger partial charge in [0.2, 0.25) is 0 Å². The number of nitrogen functional groups attached to an aromatic ring is 1. The van der Waals surface area contributed by atoms with Gasteiger partial charge in [-0.05, 0) is 63.6 Å². The lowest BCUT2D eigenvalue weighted by Crippen LogP contribution is -2.54. The monoisotopic (exact) mass is 638 g/mol. The van der Waals surface area contributed by atoms with Gasteiger partial charge in [0.1, 0.15) is 30.2 Å². The van der Waals surface area contributed by atoms with E-state index in [0.717, 1.165) is 57.2 Å². The topological polar surface area (TPSA) is 88.0 Å². The molecule has 5 atom stereocenters. The first-order valence-corrected chi connectivity index (χ1v) is 15.6. The molecule has 8 rings (SSSR count). The highest BCUT2D eigenvalue weighted by Crippen LogP contribution is 2.55. The molecule has 1 saturated carbocycles. The Kier molecular flexibility index (Phi) is 6.43. The van der Waals surface area contributed by atoms with Crippen LogP contribution in [0.25, 0.3) is 0 Å². The van der Waals surface area contributed by atoms with Crippen LogP contribution in [0.1, 0.15) is 62.5 Å².